The molecule has 0 aliphatic carbocycles. The molecule has 0 fully saturated rings. The molecule has 23 heavy (non-hydrogen) atoms. The molecule has 0 saturated heterocycles. The van der Waals surface area contributed by atoms with Crippen LogP contribution in [0.3, 0.4) is 0 Å². The highest BCUT2D eigenvalue weighted by molar-refractivity contribution is 5.87. The molecule has 0 spiro atoms. The summed E-state index contributed by atoms with van der Waals surface area (Å²) in [4.78, 5) is 12.1. The molecule has 0 unspecified atom stereocenters. The molecular formula is C13H11F3N6O. The summed E-state index contributed by atoms with van der Waals surface area (Å²) in [6.07, 6.45) is -0.592. The Morgan fingerprint density at radius 2 is 2.04 bits per heavy atom. The average molecular weight is 324 g/mol. The lowest BCUT2D eigenvalue weighted by Gasteiger charge is -2.10. The van der Waals surface area contributed by atoms with Crippen molar-refractivity contribution in [1.82, 2.24) is 25.1 Å². The topological polar surface area (TPSA) is 88.6 Å². The Bertz CT molecular complexity index is 832. The predicted molar refractivity (Wildman–Crippen MR) is 74.8 cm³/mol. The standard InChI is InChI=1S/C13H11F3N6O/c1-23-8-2-9-11(19-6-20-12(9)18-5-8)17-3-7-4-21-22-10(7)13(14,15)16/h2,4-6H,3H2,1H3,(H,21,22)(H,17,18,19,20). The van der Waals surface area contributed by atoms with Gasteiger partial charge in [-0.25, -0.2) is 15.0 Å². The number of alkyl halides is 3. The van der Waals surface area contributed by atoms with Gasteiger partial charge in [0.05, 0.1) is 24.9 Å². The van der Waals surface area contributed by atoms with Gasteiger partial charge in [0.15, 0.2) is 5.65 Å². The first-order chi connectivity index (χ1) is 11.0. The zero-order valence-electron chi connectivity index (χ0n) is 11.8. The van der Waals surface area contributed by atoms with Crippen LogP contribution in [0.5, 0.6) is 5.75 Å². The van der Waals surface area contributed by atoms with Crippen molar-refractivity contribution in [2.75, 3.05) is 12.4 Å². The number of fused-ring (bicyclic) bond motifs is 1. The number of H-pyrrole nitrogens is 1. The Kier molecular flexibility index (Phi) is 3.72. The van der Waals surface area contributed by atoms with Gasteiger partial charge in [-0.3, -0.25) is 5.10 Å². The van der Waals surface area contributed by atoms with Crippen molar-refractivity contribution in [2.24, 2.45) is 0 Å². The van der Waals surface area contributed by atoms with Crippen molar-refractivity contribution in [2.45, 2.75) is 12.7 Å². The molecular weight excluding hydrogens is 313 g/mol. The minimum absolute atomic E-state index is 0.0138. The monoisotopic (exact) mass is 324 g/mol. The third-order valence-corrected chi connectivity index (χ3v) is 3.15. The summed E-state index contributed by atoms with van der Waals surface area (Å²) in [5.41, 5.74) is -0.495. The number of pyridine rings is 1. The molecule has 0 aliphatic rings. The molecule has 10 heteroatoms. The molecule has 2 N–H and O–H groups in total. The first kappa shape index (κ1) is 15.0. The smallest absolute Gasteiger partial charge is 0.433 e. The number of nitrogens with one attached hydrogen (secondary N) is 2. The van der Waals surface area contributed by atoms with Gasteiger partial charge in [-0.05, 0) is 6.07 Å². The number of halogens is 3. The number of aromatic amines is 1. The lowest BCUT2D eigenvalue weighted by Crippen LogP contribution is -2.11. The van der Waals surface area contributed by atoms with Crippen molar-refractivity contribution in [3.05, 3.63) is 36.0 Å². The van der Waals surface area contributed by atoms with E-state index >= 15 is 0 Å². The van der Waals surface area contributed by atoms with Crippen LogP contribution in [0.4, 0.5) is 19.0 Å². The Morgan fingerprint density at radius 1 is 1.22 bits per heavy atom. The largest absolute Gasteiger partial charge is 0.495 e. The van der Waals surface area contributed by atoms with Gasteiger partial charge in [0, 0.05) is 12.1 Å². The predicted octanol–water partition coefficient (Wildman–Crippen LogP) is 2.39. The fourth-order valence-electron chi connectivity index (χ4n) is 2.05. The fourth-order valence-corrected chi connectivity index (χ4v) is 2.05. The molecule has 3 heterocycles. The zero-order chi connectivity index (χ0) is 16.4. The number of ether oxygens (including phenoxy) is 1. The normalized spacial score (nSPS) is 11.7. The van der Waals surface area contributed by atoms with E-state index < -0.39 is 11.9 Å². The maximum absolute atomic E-state index is 12.8. The van der Waals surface area contributed by atoms with E-state index in [2.05, 4.69) is 25.4 Å². The van der Waals surface area contributed by atoms with Gasteiger partial charge in [0.1, 0.15) is 23.6 Å². The summed E-state index contributed by atoms with van der Waals surface area (Å²) < 4.78 is 43.5. The van der Waals surface area contributed by atoms with Crippen LogP contribution >= 0.6 is 0 Å². The second kappa shape index (κ2) is 5.71. The molecule has 7 nitrogen and oxygen atoms in total. The molecule has 3 aromatic heterocycles. The molecule has 0 saturated carbocycles. The molecule has 3 rings (SSSR count). The van der Waals surface area contributed by atoms with Gasteiger partial charge in [-0.1, -0.05) is 0 Å². The Hall–Kier alpha value is -2.91. The van der Waals surface area contributed by atoms with E-state index in [0.717, 1.165) is 6.20 Å². The molecule has 120 valence electrons. The van der Waals surface area contributed by atoms with Gasteiger partial charge >= 0.3 is 6.18 Å². The maximum Gasteiger partial charge on any atom is 0.433 e. The average Bonchev–Trinajstić information content (AvgIpc) is 3.01. The third kappa shape index (κ3) is 3.00. The molecule has 0 radical (unpaired) electrons. The van der Waals surface area contributed by atoms with Crippen LogP contribution in [0, 0.1) is 0 Å². The SMILES string of the molecule is COc1cnc2ncnc(NCc3cn[nH]c3C(F)(F)F)c2c1. The Labute approximate surface area is 127 Å². The maximum atomic E-state index is 12.8. The van der Waals surface area contributed by atoms with E-state index in [4.69, 9.17) is 4.74 Å². The van der Waals surface area contributed by atoms with Crippen LogP contribution in [-0.4, -0.2) is 32.3 Å². The van der Waals surface area contributed by atoms with Crippen LogP contribution in [-0.2, 0) is 12.7 Å². The zero-order valence-corrected chi connectivity index (χ0v) is 11.8. The van der Waals surface area contributed by atoms with E-state index in [9.17, 15) is 13.2 Å². The quantitative estimate of drug-likeness (QED) is 0.766. The minimum atomic E-state index is -4.49. The molecule has 0 bridgehead atoms. The molecule has 0 amide bonds. The van der Waals surface area contributed by atoms with Gasteiger partial charge in [-0.15, -0.1) is 0 Å². The molecule has 0 aromatic carbocycles. The Balaban J connectivity index is 1.89. The summed E-state index contributed by atoms with van der Waals surface area (Å²) in [5, 5.41) is 8.79. The fraction of sp³-hybridized carbons (Fsp3) is 0.231. The number of anilines is 1. The summed E-state index contributed by atoms with van der Waals surface area (Å²) in [7, 11) is 1.49. The third-order valence-electron chi connectivity index (χ3n) is 3.15. The van der Waals surface area contributed by atoms with Crippen molar-refractivity contribution in [1.29, 1.82) is 0 Å². The van der Waals surface area contributed by atoms with Crippen molar-refractivity contribution in [3.8, 4) is 5.75 Å². The highest BCUT2D eigenvalue weighted by Crippen LogP contribution is 2.30. The molecule has 0 atom stereocenters. The van der Waals surface area contributed by atoms with Crippen molar-refractivity contribution in [3.63, 3.8) is 0 Å². The lowest BCUT2D eigenvalue weighted by atomic mass is 10.2. The van der Waals surface area contributed by atoms with Crippen molar-refractivity contribution >= 4 is 16.9 Å². The summed E-state index contributed by atoms with van der Waals surface area (Å²) >= 11 is 0. The summed E-state index contributed by atoms with van der Waals surface area (Å²) in [5.74, 6) is 0.852. The van der Waals surface area contributed by atoms with Gasteiger partial charge in [0.2, 0.25) is 0 Å². The van der Waals surface area contributed by atoms with Crippen LogP contribution in [0.15, 0.2) is 24.8 Å². The summed E-state index contributed by atoms with van der Waals surface area (Å²) in [6.45, 7) is -0.103. The number of hydrogen-bond acceptors (Lipinski definition) is 6. The van der Waals surface area contributed by atoms with E-state index in [1.54, 1.807) is 6.07 Å². The molecule has 0 aliphatic heterocycles. The van der Waals surface area contributed by atoms with E-state index in [1.807, 2.05) is 5.10 Å². The van der Waals surface area contributed by atoms with Gasteiger partial charge < -0.3 is 10.1 Å². The number of nitrogens with zero attached hydrogens (tertiary/aromatic N) is 4. The highest BCUT2D eigenvalue weighted by Gasteiger charge is 2.35. The van der Waals surface area contributed by atoms with Crippen LogP contribution in [0.25, 0.3) is 11.0 Å². The van der Waals surface area contributed by atoms with Crippen LogP contribution < -0.4 is 10.1 Å². The van der Waals surface area contributed by atoms with E-state index in [0.29, 0.717) is 22.6 Å². The van der Waals surface area contributed by atoms with E-state index in [-0.39, 0.29) is 12.1 Å². The summed E-state index contributed by atoms with van der Waals surface area (Å²) in [6, 6.07) is 1.66. The Morgan fingerprint density at radius 3 is 2.78 bits per heavy atom. The van der Waals surface area contributed by atoms with Crippen LogP contribution in [0.1, 0.15) is 11.3 Å². The second-order valence-electron chi connectivity index (χ2n) is 4.59. The van der Waals surface area contributed by atoms with Crippen molar-refractivity contribution < 1.29 is 17.9 Å². The van der Waals surface area contributed by atoms with E-state index in [1.165, 1.54) is 19.6 Å². The second-order valence-corrected chi connectivity index (χ2v) is 4.59. The first-order valence-corrected chi connectivity index (χ1v) is 6.47. The number of methoxy groups -OCH3 is 1. The molecule has 3 aromatic rings. The number of hydrogen-bond donors (Lipinski definition) is 2. The van der Waals surface area contributed by atoms with Crippen LogP contribution in [0.2, 0.25) is 0 Å². The minimum Gasteiger partial charge on any atom is -0.495 e. The highest BCUT2D eigenvalue weighted by atomic mass is 19.4. The van der Waals surface area contributed by atoms with Gasteiger partial charge in [-0.2, -0.15) is 18.3 Å². The number of rotatable bonds is 4. The van der Waals surface area contributed by atoms with Gasteiger partial charge in [0.25, 0.3) is 0 Å². The lowest BCUT2D eigenvalue weighted by molar-refractivity contribution is -0.141. The first-order valence-electron chi connectivity index (χ1n) is 6.47. The number of aromatic nitrogens is 5.